The Morgan fingerprint density at radius 1 is 0.839 bits per heavy atom. The van der Waals surface area contributed by atoms with E-state index in [0.29, 0.717) is 16.8 Å². The number of nitrogens with one attached hydrogen (secondary N) is 1. The van der Waals surface area contributed by atoms with Crippen LogP contribution in [-0.2, 0) is 16.1 Å². The zero-order valence-corrected chi connectivity index (χ0v) is 16.8. The zero-order valence-electron chi connectivity index (χ0n) is 16.8. The van der Waals surface area contributed by atoms with E-state index in [1.807, 2.05) is 6.07 Å². The van der Waals surface area contributed by atoms with Crippen molar-refractivity contribution in [1.82, 2.24) is 0 Å². The molecule has 0 aliphatic carbocycles. The van der Waals surface area contributed by atoms with Gasteiger partial charge in [-0.25, -0.2) is 4.79 Å². The summed E-state index contributed by atoms with van der Waals surface area (Å²) in [6.07, 6.45) is 0. The van der Waals surface area contributed by atoms with Gasteiger partial charge in [0.1, 0.15) is 6.61 Å². The highest BCUT2D eigenvalue weighted by atomic mass is 16.5. The number of amides is 2. The lowest BCUT2D eigenvalue weighted by molar-refractivity contribution is -0.117. The lowest BCUT2D eigenvalue weighted by Crippen LogP contribution is -2.27. The van der Waals surface area contributed by atoms with Crippen LogP contribution in [0.1, 0.15) is 37.8 Å². The molecule has 0 saturated heterocycles. The Balaban J connectivity index is 1.60. The Labute approximate surface area is 180 Å². The molecule has 31 heavy (non-hydrogen) atoms. The Hall–Kier alpha value is -3.97. The van der Waals surface area contributed by atoms with Crippen molar-refractivity contribution in [3.8, 4) is 0 Å². The van der Waals surface area contributed by atoms with Gasteiger partial charge in [-0.05, 0) is 47.5 Å². The molecule has 158 valence electrons. The molecule has 0 aliphatic rings. The smallest absolute Gasteiger partial charge is 0.338 e. The van der Waals surface area contributed by atoms with Gasteiger partial charge in [-0.1, -0.05) is 42.5 Å². The van der Waals surface area contributed by atoms with Crippen LogP contribution >= 0.6 is 0 Å². The van der Waals surface area contributed by atoms with Gasteiger partial charge < -0.3 is 21.5 Å². The third-order valence-electron chi connectivity index (χ3n) is 4.75. The molecule has 0 bridgehead atoms. The molecular formula is C24H23N3O4. The highest BCUT2D eigenvalue weighted by molar-refractivity contribution is 5.97. The van der Waals surface area contributed by atoms with E-state index in [1.165, 1.54) is 0 Å². The fourth-order valence-electron chi connectivity index (χ4n) is 2.99. The normalized spacial score (nSPS) is 11.4. The minimum absolute atomic E-state index is 0.119. The number of benzene rings is 3. The Bertz CT molecular complexity index is 1050. The van der Waals surface area contributed by atoms with Crippen LogP contribution in [0.2, 0.25) is 0 Å². The predicted octanol–water partition coefficient (Wildman–Crippen LogP) is 2.82. The van der Waals surface area contributed by atoms with E-state index >= 15 is 0 Å². The van der Waals surface area contributed by atoms with E-state index in [1.54, 1.807) is 72.8 Å². The van der Waals surface area contributed by atoms with Crippen LogP contribution in [0.5, 0.6) is 0 Å². The van der Waals surface area contributed by atoms with Gasteiger partial charge in [0, 0.05) is 17.8 Å². The number of carbonyl (C=O) groups excluding carboxylic acids is 3. The predicted molar refractivity (Wildman–Crippen MR) is 117 cm³/mol. The summed E-state index contributed by atoms with van der Waals surface area (Å²) in [6.45, 7) is 0.243. The summed E-state index contributed by atoms with van der Waals surface area (Å²) in [5.41, 5.74) is 14.0. The van der Waals surface area contributed by atoms with Crippen molar-refractivity contribution < 1.29 is 19.1 Å². The Morgan fingerprint density at radius 3 is 2.06 bits per heavy atom. The van der Waals surface area contributed by atoms with Crippen molar-refractivity contribution >= 4 is 23.5 Å². The standard InChI is InChI=1S/C24H23N3O4/c25-14-21(23(29)27-20-12-10-18(11-13-20)22(26)28)17-8-6-16(7-9-17)15-31-24(30)19-4-2-1-3-5-19/h1-13,21H,14-15,25H2,(H2,26,28)(H,27,29). The highest BCUT2D eigenvalue weighted by Crippen LogP contribution is 2.19. The molecule has 0 fully saturated rings. The lowest BCUT2D eigenvalue weighted by atomic mass is 9.97. The van der Waals surface area contributed by atoms with E-state index in [4.69, 9.17) is 16.2 Å². The van der Waals surface area contributed by atoms with Crippen LogP contribution in [0.4, 0.5) is 5.69 Å². The monoisotopic (exact) mass is 417 g/mol. The van der Waals surface area contributed by atoms with Crippen molar-refractivity contribution in [2.75, 3.05) is 11.9 Å². The highest BCUT2D eigenvalue weighted by Gasteiger charge is 2.19. The number of nitrogens with two attached hydrogens (primary N) is 2. The zero-order chi connectivity index (χ0) is 22.2. The number of carbonyl (C=O) groups is 3. The van der Waals surface area contributed by atoms with Crippen molar-refractivity contribution in [2.45, 2.75) is 12.5 Å². The molecule has 0 radical (unpaired) electrons. The van der Waals surface area contributed by atoms with Gasteiger partial charge in [-0.15, -0.1) is 0 Å². The summed E-state index contributed by atoms with van der Waals surface area (Å²) in [5.74, 6) is -1.76. The van der Waals surface area contributed by atoms with Crippen molar-refractivity contribution in [1.29, 1.82) is 0 Å². The number of anilines is 1. The molecular weight excluding hydrogens is 394 g/mol. The third-order valence-corrected chi connectivity index (χ3v) is 4.75. The molecule has 7 heteroatoms. The topological polar surface area (TPSA) is 125 Å². The van der Waals surface area contributed by atoms with Gasteiger partial charge in [-0.3, -0.25) is 9.59 Å². The van der Waals surface area contributed by atoms with Gasteiger partial charge in [0.25, 0.3) is 0 Å². The van der Waals surface area contributed by atoms with Gasteiger partial charge in [0.15, 0.2) is 0 Å². The molecule has 0 aliphatic heterocycles. The Morgan fingerprint density at radius 2 is 1.48 bits per heavy atom. The minimum Gasteiger partial charge on any atom is -0.457 e. The summed E-state index contributed by atoms with van der Waals surface area (Å²) in [6, 6.07) is 22.2. The summed E-state index contributed by atoms with van der Waals surface area (Å²) in [4.78, 5) is 35.9. The third kappa shape index (κ3) is 5.77. The van der Waals surface area contributed by atoms with Crippen LogP contribution in [0.15, 0.2) is 78.9 Å². The molecule has 0 saturated carbocycles. The molecule has 2 amide bonds. The van der Waals surface area contributed by atoms with E-state index in [9.17, 15) is 14.4 Å². The second-order valence-corrected chi connectivity index (χ2v) is 6.90. The first kappa shape index (κ1) is 21.7. The largest absolute Gasteiger partial charge is 0.457 e. The molecule has 5 N–H and O–H groups in total. The summed E-state index contributed by atoms with van der Waals surface area (Å²) >= 11 is 0. The van der Waals surface area contributed by atoms with E-state index in [-0.39, 0.29) is 19.1 Å². The molecule has 0 spiro atoms. The number of rotatable bonds is 8. The van der Waals surface area contributed by atoms with Crippen LogP contribution < -0.4 is 16.8 Å². The van der Waals surface area contributed by atoms with E-state index in [0.717, 1.165) is 11.1 Å². The average molecular weight is 417 g/mol. The fraction of sp³-hybridized carbons (Fsp3) is 0.125. The van der Waals surface area contributed by atoms with Crippen molar-refractivity contribution in [3.63, 3.8) is 0 Å². The van der Waals surface area contributed by atoms with Gasteiger partial charge >= 0.3 is 5.97 Å². The van der Waals surface area contributed by atoms with Gasteiger partial charge in [0.2, 0.25) is 11.8 Å². The molecule has 7 nitrogen and oxygen atoms in total. The molecule has 1 atom stereocenters. The number of hydrogen-bond donors (Lipinski definition) is 3. The SMILES string of the molecule is NCC(C(=O)Nc1ccc(C(N)=O)cc1)c1ccc(COC(=O)c2ccccc2)cc1. The lowest BCUT2D eigenvalue weighted by Gasteiger charge is -2.16. The number of esters is 1. The molecule has 3 aromatic rings. The first-order valence-electron chi connectivity index (χ1n) is 9.69. The maximum Gasteiger partial charge on any atom is 0.338 e. The van der Waals surface area contributed by atoms with Crippen molar-refractivity contribution in [3.05, 3.63) is 101 Å². The maximum atomic E-state index is 12.7. The minimum atomic E-state index is -0.559. The molecule has 0 aromatic heterocycles. The summed E-state index contributed by atoms with van der Waals surface area (Å²) in [5, 5.41) is 2.79. The van der Waals surface area contributed by atoms with Gasteiger partial charge in [0.05, 0.1) is 11.5 Å². The first-order chi connectivity index (χ1) is 15.0. The number of primary amides is 1. The fourth-order valence-corrected chi connectivity index (χ4v) is 2.99. The van der Waals surface area contributed by atoms with Crippen molar-refractivity contribution in [2.24, 2.45) is 11.5 Å². The molecule has 1 unspecified atom stereocenters. The van der Waals surface area contributed by atoms with Crippen LogP contribution in [0.25, 0.3) is 0 Å². The summed E-state index contributed by atoms with van der Waals surface area (Å²) < 4.78 is 5.32. The average Bonchev–Trinajstić information content (AvgIpc) is 2.79. The maximum absolute atomic E-state index is 12.7. The second-order valence-electron chi connectivity index (χ2n) is 6.90. The van der Waals surface area contributed by atoms with Crippen LogP contribution in [-0.4, -0.2) is 24.3 Å². The summed E-state index contributed by atoms with van der Waals surface area (Å²) in [7, 11) is 0. The molecule has 3 aromatic carbocycles. The number of hydrogen-bond acceptors (Lipinski definition) is 5. The van der Waals surface area contributed by atoms with Crippen LogP contribution in [0.3, 0.4) is 0 Å². The quantitative estimate of drug-likeness (QED) is 0.486. The molecule has 0 heterocycles. The van der Waals surface area contributed by atoms with E-state index < -0.39 is 17.8 Å². The molecule has 3 rings (SSSR count). The van der Waals surface area contributed by atoms with Crippen LogP contribution in [0, 0.1) is 0 Å². The number of ether oxygens (including phenoxy) is 1. The second kappa shape index (κ2) is 10.2. The Kier molecular flexibility index (Phi) is 7.13. The van der Waals surface area contributed by atoms with Gasteiger partial charge in [-0.2, -0.15) is 0 Å². The van der Waals surface area contributed by atoms with E-state index in [2.05, 4.69) is 5.32 Å². The first-order valence-corrected chi connectivity index (χ1v) is 9.69.